The summed E-state index contributed by atoms with van der Waals surface area (Å²) in [5, 5.41) is 3.17. The minimum absolute atomic E-state index is 0.0690. The van der Waals surface area contributed by atoms with Crippen LogP contribution >= 0.6 is 0 Å². The molecule has 1 saturated heterocycles. The van der Waals surface area contributed by atoms with E-state index >= 15 is 0 Å². The van der Waals surface area contributed by atoms with Crippen molar-refractivity contribution in [2.75, 3.05) is 32.7 Å². The van der Waals surface area contributed by atoms with E-state index in [4.69, 9.17) is 5.73 Å². The van der Waals surface area contributed by atoms with Gasteiger partial charge in [-0.1, -0.05) is 44.0 Å². The topological polar surface area (TPSA) is 61.6 Å². The molecule has 2 atom stereocenters. The molecule has 0 bridgehead atoms. The van der Waals surface area contributed by atoms with E-state index in [2.05, 4.69) is 46.3 Å². The smallest absolute Gasteiger partial charge is 0.225 e. The molecule has 1 heterocycles. The number of rotatable bonds is 6. The minimum Gasteiger partial charge on any atom is -0.352 e. The summed E-state index contributed by atoms with van der Waals surface area (Å²) in [4.78, 5) is 17.8. The summed E-state index contributed by atoms with van der Waals surface area (Å²) in [6, 6.07) is 8.50. The van der Waals surface area contributed by atoms with Gasteiger partial charge in [-0.05, 0) is 37.4 Å². The monoisotopic (exact) mass is 372 g/mol. The van der Waals surface area contributed by atoms with Gasteiger partial charge in [-0.3, -0.25) is 9.69 Å². The predicted molar refractivity (Wildman–Crippen MR) is 110 cm³/mol. The van der Waals surface area contributed by atoms with Crippen LogP contribution in [0, 0.1) is 5.92 Å². The van der Waals surface area contributed by atoms with Crippen molar-refractivity contribution < 1.29 is 4.79 Å². The van der Waals surface area contributed by atoms with Crippen LogP contribution in [0.1, 0.15) is 50.7 Å². The van der Waals surface area contributed by atoms with E-state index in [0.29, 0.717) is 6.54 Å². The summed E-state index contributed by atoms with van der Waals surface area (Å²) in [5.41, 5.74) is 8.56. The Labute approximate surface area is 164 Å². The first-order valence-corrected chi connectivity index (χ1v) is 10.6. The van der Waals surface area contributed by atoms with Crippen LogP contribution < -0.4 is 11.1 Å². The fourth-order valence-corrected chi connectivity index (χ4v) is 4.48. The Morgan fingerprint density at radius 1 is 1.15 bits per heavy atom. The van der Waals surface area contributed by atoms with Crippen LogP contribution in [0.25, 0.3) is 0 Å². The number of carbonyl (C=O) groups is 1. The van der Waals surface area contributed by atoms with Crippen molar-refractivity contribution in [2.45, 2.75) is 58.2 Å². The van der Waals surface area contributed by atoms with Gasteiger partial charge in [-0.2, -0.15) is 0 Å². The van der Waals surface area contributed by atoms with Crippen molar-refractivity contribution in [1.29, 1.82) is 0 Å². The Kier molecular flexibility index (Phi) is 6.90. The molecule has 27 heavy (non-hydrogen) atoms. The van der Waals surface area contributed by atoms with Crippen LogP contribution in [-0.2, 0) is 17.9 Å². The molecule has 1 aromatic carbocycles. The zero-order valence-electron chi connectivity index (χ0n) is 17.0. The Morgan fingerprint density at radius 2 is 1.81 bits per heavy atom. The second-order valence-corrected chi connectivity index (χ2v) is 8.50. The zero-order chi connectivity index (χ0) is 19.3. The largest absolute Gasteiger partial charge is 0.352 e. The molecule has 3 N–H and O–H groups in total. The molecule has 1 amide bonds. The molecule has 2 aliphatic rings. The summed E-state index contributed by atoms with van der Waals surface area (Å²) in [6.45, 7) is 11.5. The third-order valence-corrected chi connectivity index (χ3v) is 6.45. The quantitative estimate of drug-likeness (QED) is 0.805. The average Bonchev–Trinajstić information content (AvgIpc) is 2.67. The van der Waals surface area contributed by atoms with E-state index in [0.717, 1.165) is 65.0 Å². The number of nitrogens with one attached hydrogen (secondary N) is 1. The molecule has 2 fully saturated rings. The second-order valence-electron chi connectivity index (χ2n) is 8.50. The fourth-order valence-electron chi connectivity index (χ4n) is 4.48. The zero-order valence-corrected chi connectivity index (χ0v) is 17.0. The Hall–Kier alpha value is -1.43. The molecule has 1 aliphatic carbocycles. The SMILES string of the molecule is CCN1CCN(Cc2ccccc2CNC(=O)C2CCCCC2(C)N)CC1. The standard InChI is InChI=1S/C22H36N4O/c1-3-25-12-14-26(15-13-25)17-19-9-5-4-8-18(19)16-24-21(27)20-10-6-7-11-22(20,2)23/h4-5,8-9,20H,3,6-7,10-17,23H2,1-2H3,(H,24,27). The normalized spacial score (nSPS) is 27.4. The lowest BCUT2D eigenvalue weighted by atomic mass is 9.74. The highest BCUT2D eigenvalue weighted by Crippen LogP contribution is 2.31. The molecule has 0 spiro atoms. The van der Waals surface area contributed by atoms with Crippen molar-refractivity contribution in [3.63, 3.8) is 0 Å². The van der Waals surface area contributed by atoms with Gasteiger partial charge in [0.05, 0.1) is 5.92 Å². The van der Waals surface area contributed by atoms with Gasteiger partial charge < -0.3 is 16.0 Å². The highest BCUT2D eigenvalue weighted by atomic mass is 16.1. The first-order valence-electron chi connectivity index (χ1n) is 10.6. The number of nitrogens with zero attached hydrogens (tertiary/aromatic N) is 2. The lowest BCUT2D eigenvalue weighted by Gasteiger charge is -2.37. The molecule has 0 radical (unpaired) electrons. The van der Waals surface area contributed by atoms with E-state index in [9.17, 15) is 4.79 Å². The molecule has 150 valence electrons. The van der Waals surface area contributed by atoms with E-state index in [-0.39, 0.29) is 17.4 Å². The average molecular weight is 373 g/mol. The summed E-state index contributed by atoms with van der Waals surface area (Å²) < 4.78 is 0. The first kappa shape index (κ1) is 20.3. The molecular formula is C22H36N4O. The van der Waals surface area contributed by atoms with Crippen LogP contribution in [0.4, 0.5) is 0 Å². The number of piperazine rings is 1. The van der Waals surface area contributed by atoms with Crippen molar-refractivity contribution in [1.82, 2.24) is 15.1 Å². The molecule has 2 unspecified atom stereocenters. The summed E-state index contributed by atoms with van der Waals surface area (Å²) in [7, 11) is 0. The van der Waals surface area contributed by atoms with E-state index in [1.807, 2.05) is 6.92 Å². The fraction of sp³-hybridized carbons (Fsp3) is 0.682. The lowest BCUT2D eigenvalue weighted by molar-refractivity contribution is -0.128. The van der Waals surface area contributed by atoms with Gasteiger partial charge in [-0.25, -0.2) is 0 Å². The third kappa shape index (κ3) is 5.31. The highest BCUT2D eigenvalue weighted by molar-refractivity contribution is 5.80. The molecule has 5 nitrogen and oxygen atoms in total. The van der Waals surface area contributed by atoms with Crippen molar-refractivity contribution in [2.24, 2.45) is 11.7 Å². The maximum atomic E-state index is 12.8. The molecule has 1 aliphatic heterocycles. The summed E-state index contributed by atoms with van der Waals surface area (Å²) in [6.07, 6.45) is 4.07. The highest BCUT2D eigenvalue weighted by Gasteiger charge is 2.37. The number of likely N-dealkylation sites (N-methyl/N-ethyl adjacent to an activating group) is 1. The van der Waals surface area contributed by atoms with Crippen LogP contribution in [0.5, 0.6) is 0 Å². The van der Waals surface area contributed by atoms with Gasteiger partial charge in [0.1, 0.15) is 0 Å². The van der Waals surface area contributed by atoms with Crippen LogP contribution in [-0.4, -0.2) is 54.0 Å². The van der Waals surface area contributed by atoms with Crippen molar-refractivity contribution >= 4 is 5.91 Å². The number of benzene rings is 1. The van der Waals surface area contributed by atoms with E-state index < -0.39 is 0 Å². The second kappa shape index (κ2) is 9.18. The third-order valence-electron chi connectivity index (χ3n) is 6.45. The Morgan fingerprint density at radius 3 is 2.48 bits per heavy atom. The van der Waals surface area contributed by atoms with Crippen LogP contribution in [0.2, 0.25) is 0 Å². The molecular weight excluding hydrogens is 336 g/mol. The summed E-state index contributed by atoms with van der Waals surface area (Å²) in [5.74, 6) is 0.0478. The maximum absolute atomic E-state index is 12.8. The van der Waals surface area contributed by atoms with Gasteiger partial charge in [0.2, 0.25) is 5.91 Å². The number of amides is 1. The number of hydrogen-bond acceptors (Lipinski definition) is 4. The Balaban J connectivity index is 1.57. The van der Waals surface area contributed by atoms with Gasteiger partial charge in [0.15, 0.2) is 0 Å². The van der Waals surface area contributed by atoms with Gasteiger partial charge in [0, 0.05) is 44.8 Å². The molecule has 3 rings (SSSR count). The first-order chi connectivity index (χ1) is 13.0. The molecule has 0 aromatic heterocycles. The van der Waals surface area contributed by atoms with Crippen molar-refractivity contribution in [3.05, 3.63) is 35.4 Å². The predicted octanol–water partition coefficient (Wildman–Crippen LogP) is 2.35. The minimum atomic E-state index is -0.374. The molecule has 1 saturated carbocycles. The summed E-state index contributed by atoms with van der Waals surface area (Å²) >= 11 is 0. The van der Waals surface area contributed by atoms with Gasteiger partial charge >= 0.3 is 0 Å². The van der Waals surface area contributed by atoms with Crippen LogP contribution in [0.3, 0.4) is 0 Å². The van der Waals surface area contributed by atoms with E-state index in [1.165, 1.54) is 11.1 Å². The molecule has 1 aromatic rings. The lowest BCUT2D eigenvalue weighted by Crippen LogP contribution is -2.52. The van der Waals surface area contributed by atoms with E-state index in [1.54, 1.807) is 0 Å². The number of hydrogen-bond donors (Lipinski definition) is 2. The Bertz CT molecular complexity index is 622. The van der Waals surface area contributed by atoms with Gasteiger partial charge in [0.25, 0.3) is 0 Å². The van der Waals surface area contributed by atoms with Crippen LogP contribution in [0.15, 0.2) is 24.3 Å². The number of nitrogens with two attached hydrogens (primary N) is 1. The molecule has 5 heteroatoms. The van der Waals surface area contributed by atoms with Crippen molar-refractivity contribution in [3.8, 4) is 0 Å². The number of carbonyl (C=O) groups excluding carboxylic acids is 1. The maximum Gasteiger partial charge on any atom is 0.225 e. The van der Waals surface area contributed by atoms with Gasteiger partial charge in [-0.15, -0.1) is 0 Å².